The van der Waals surface area contributed by atoms with Crippen molar-refractivity contribution in [3.8, 4) is 0 Å². The van der Waals surface area contributed by atoms with Crippen LogP contribution < -0.4 is 10.2 Å². The van der Waals surface area contributed by atoms with Crippen LogP contribution in [0, 0.1) is 0 Å². The third-order valence-electron chi connectivity index (χ3n) is 5.37. The smallest absolute Gasteiger partial charge is 0.258 e. The zero-order chi connectivity index (χ0) is 20.7. The van der Waals surface area contributed by atoms with Gasteiger partial charge in [-0.25, -0.2) is 19.6 Å². The fourth-order valence-electron chi connectivity index (χ4n) is 3.85. The second kappa shape index (κ2) is 7.37. The van der Waals surface area contributed by atoms with Crippen LogP contribution in [0.4, 0.5) is 11.6 Å². The molecule has 0 saturated carbocycles. The number of hydrogen-bond acceptors (Lipinski definition) is 6. The predicted molar refractivity (Wildman–Crippen MR) is 117 cm³/mol. The Hall–Kier alpha value is -3.55. The van der Waals surface area contributed by atoms with E-state index in [0.717, 1.165) is 53.8 Å². The lowest BCUT2D eigenvalue weighted by molar-refractivity contribution is 0.102. The van der Waals surface area contributed by atoms with Crippen molar-refractivity contribution in [2.75, 3.05) is 23.3 Å². The molecule has 5 rings (SSSR count). The number of aromatic nitrogens is 5. The van der Waals surface area contributed by atoms with Gasteiger partial charge in [0.1, 0.15) is 0 Å². The summed E-state index contributed by atoms with van der Waals surface area (Å²) in [5.74, 6) is 0.950. The predicted octanol–water partition coefficient (Wildman–Crippen LogP) is 3.81. The maximum Gasteiger partial charge on any atom is 0.258 e. The van der Waals surface area contributed by atoms with E-state index in [9.17, 15) is 4.79 Å². The maximum atomic E-state index is 13.0. The first-order valence-corrected chi connectivity index (χ1v) is 10.3. The van der Waals surface area contributed by atoms with Gasteiger partial charge in [-0.15, -0.1) is 0 Å². The number of benzene rings is 1. The standard InChI is InChI=1S/C22H23N7O/c1-14(2)29-20-15(13-24-29)11-16(12-23-20)22(30)27-19-21(28-9-5-6-10-28)26-18-8-4-3-7-17(18)25-19/h3-4,7-8,11-14H,5-6,9-10H2,1-2H3,(H,25,27,30). The van der Waals surface area contributed by atoms with E-state index in [4.69, 9.17) is 9.97 Å². The number of hydrogen-bond donors (Lipinski definition) is 1. The Morgan fingerprint density at radius 2 is 1.80 bits per heavy atom. The van der Waals surface area contributed by atoms with Crippen molar-refractivity contribution in [1.82, 2.24) is 24.7 Å². The van der Waals surface area contributed by atoms with E-state index >= 15 is 0 Å². The van der Waals surface area contributed by atoms with Crippen LogP contribution in [-0.4, -0.2) is 43.7 Å². The number of nitrogens with zero attached hydrogens (tertiary/aromatic N) is 6. The summed E-state index contributed by atoms with van der Waals surface area (Å²) in [6.07, 6.45) is 5.55. The molecule has 1 aliphatic rings. The van der Waals surface area contributed by atoms with Gasteiger partial charge < -0.3 is 10.2 Å². The minimum atomic E-state index is -0.258. The van der Waals surface area contributed by atoms with E-state index in [1.54, 1.807) is 12.4 Å². The first-order valence-electron chi connectivity index (χ1n) is 10.3. The molecule has 1 aromatic carbocycles. The van der Waals surface area contributed by atoms with Crippen LogP contribution in [-0.2, 0) is 0 Å². The van der Waals surface area contributed by atoms with E-state index in [1.165, 1.54) is 0 Å². The Morgan fingerprint density at radius 3 is 2.53 bits per heavy atom. The summed E-state index contributed by atoms with van der Waals surface area (Å²) < 4.78 is 1.84. The molecule has 152 valence electrons. The highest BCUT2D eigenvalue weighted by atomic mass is 16.1. The molecular weight excluding hydrogens is 378 g/mol. The zero-order valence-electron chi connectivity index (χ0n) is 17.0. The van der Waals surface area contributed by atoms with Crippen LogP contribution in [0.15, 0.2) is 42.7 Å². The van der Waals surface area contributed by atoms with E-state index in [1.807, 2.05) is 48.9 Å². The van der Waals surface area contributed by atoms with Gasteiger partial charge in [0.2, 0.25) is 0 Å². The van der Waals surface area contributed by atoms with E-state index in [0.29, 0.717) is 11.4 Å². The average Bonchev–Trinajstić information content (AvgIpc) is 3.42. The van der Waals surface area contributed by atoms with Crippen LogP contribution in [0.5, 0.6) is 0 Å². The second-order valence-corrected chi connectivity index (χ2v) is 7.85. The highest BCUT2D eigenvalue weighted by molar-refractivity contribution is 6.06. The quantitative estimate of drug-likeness (QED) is 0.559. The van der Waals surface area contributed by atoms with Crippen LogP contribution in [0.25, 0.3) is 22.1 Å². The number of amides is 1. The number of nitrogens with one attached hydrogen (secondary N) is 1. The molecule has 8 heteroatoms. The maximum absolute atomic E-state index is 13.0. The number of carbonyl (C=O) groups excluding carboxylic acids is 1. The summed E-state index contributed by atoms with van der Waals surface area (Å²) in [6, 6.07) is 9.72. The van der Waals surface area contributed by atoms with Crippen molar-refractivity contribution in [2.24, 2.45) is 0 Å². The Balaban J connectivity index is 1.50. The molecule has 0 bridgehead atoms. The summed E-state index contributed by atoms with van der Waals surface area (Å²) >= 11 is 0. The molecule has 3 aromatic heterocycles. The molecule has 0 radical (unpaired) electrons. The normalized spacial score (nSPS) is 14.2. The van der Waals surface area contributed by atoms with Gasteiger partial charge in [0.25, 0.3) is 5.91 Å². The summed E-state index contributed by atoms with van der Waals surface area (Å²) in [6.45, 7) is 5.93. The van der Waals surface area contributed by atoms with Crippen molar-refractivity contribution in [3.63, 3.8) is 0 Å². The lowest BCUT2D eigenvalue weighted by atomic mass is 10.2. The van der Waals surface area contributed by atoms with Crippen LogP contribution in [0.1, 0.15) is 43.1 Å². The molecule has 1 saturated heterocycles. The van der Waals surface area contributed by atoms with Crippen molar-refractivity contribution in [2.45, 2.75) is 32.7 Å². The molecule has 0 spiro atoms. The number of carbonyl (C=O) groups is 1. The monoisotopic (exact) mass is 401 g/mol. The van der Waals surface area contributed by atoms with E-state index in [-0.39, 0.29) is 11.9 Å². The molecule has 1 amide bonds. The summed E-state index contributed by atoms with van der Waals surface area (Å²) in [4.78, 5) is 29.2. The third kappa shape index (κ3) is 3.24. The van der Waals surface area contributed by atoms with Crippen molar-refractivity contribution in [1.29, 1.82) is 0 Å². The van der Waals surface area contributed by atoms with Gasteiger partial charge in [-0.1, -0.05) is 12.1 Å². The molecule has 4 aromatic rings. The molecular formula is C22H23N7O. The van der Waals surface area contributed by atoms with Gasteiger partial charge in [0.05, 0.1) is 22.8 Å². The van der Waals surface area contributed by atoms with Crippen LogP contribution in [0.3, 0.4) is 0 Å². The number of fused-ring (bicyclic) bond motifs is 2. The molecule has 30 heavy (non-hydrogen) atoms. The van der Waals surface area contributed by atoms with Crippen molar-refractivity contribution < 1.29 is 4.79 Å². The lowest BCUT2D eigenvalue weighted by Gasteiger charge is -2.20. The summed E-state index contributed by atoms with van der Waals surface area (Å²) in [5, 5.41) is 8.18. The Bertz CT molecular complexity index is 1240. The molecule has 0 aliphatic carbocycles. The highest BCUT2D eigenvalue weighted by Crippen LogP contribution is 2.28. The van der Waals surface area contributed by atoms with Crippen LogP contribution in [0.2, 0.25) is 0 Å². The van der Waals surface area contributed by atoms with Gasteiger partial charge in [-0.05, 0) is 44.9 Å². The molecule has 8 nitrogen and oxygen atoms in total. The fraction of sp³-hybridized carbons (Fsp3) is 0.318. The molecule has 4 heterocycles. The number of rotatable bonds is 4. The fourth-order valence-corrected chi connectivity index (χ4v) is 3.85. The molecule has 1 fully saturated rings. The van der Waals surface area contributed by atoms with E-state index in [2.05, 4.69) is 20.3 Å². The SMILES string of the molecule is CC(C)n1ncc2cc(C(=O)Nc3nc4ccccc4nc3N3CCCC3)cnc21. The topological polar surface area (TPSA) is 88.8 Å². The summed E-state index contributed by atoms with van der Waals surface area (Å²) in [5.41, 5.74) is 2.81. The second-order valence-electron chi connectivity index (χ2n) is 7.85. The molecule has 0 unspecified atom stereocenters. The third-order valence-corrected chi connectivity index (χ3v) is 5.37. The number of anilines is 2. The van der Waals surface area contributed by atoms with Gasteiger partial charge in [-0.2, -0.15) is 5.10 Å². The lowest BCUT2D eigenvalue weighted by Crippen LogP contribution is -2.23. The minimum absolute atomic E-state index is 0.200. The highest BCUT2D eigenvalue weighted by Gasteiger charge is 2.21. The first-order chi connectivity index (χ1) is 14.6. The molecule has 1 N–H and O–H groups in total. The van der Waals surface area contributed by atoms with Gasteiger partial charge >= 0.3 is 0 Å². The van der Waals surface area contributed by atoms with Crippen molar-refractivity contribution >= 4 is 39.6 Å². The first kappa shape index (κ1) is 18.5. The van der Waals surface area contributed by atoms with E-state index < -0.39 is 0 Å². The number of pyridine rings is 1. The Kier molecular flexibility index (Phi) is 4.54. The van der Waals surface area contributed by atoms with Crippen molar-refractivity contribution in [3.05, 3.63) is 48.3 Å². The average molecular weight is 401 g/mol. The summed E-state index contributed by atoms with van der Waals surface area (Å²) in [7, 11) is 0. The van der Waals surface area contributed by atoms with Gasteiger partial charge in [0.15, 0.2) is 17.3 Å². The zero-order valence-corrected chi connectivity index (χ0v) is 17.0. The molecule has 0 atom stereocenters. The molecule has 1 aliphatic heterocycles. The number of para-hydroxylation sites is 2. The Morgan fingerprint density at radius 1 is 1.07 bits per heavy atom. The largest absolute Gasteiger partial charge is 0.354 e. The Labute approximate surface area is 174 Å². The van der Waals surface area contributed by atoms with Gasteiger partial charge in [-0.3, -0.25) is 4.79 Å². The van der Waals surface area contributed by atoms with Crippen LogP contribution >= 0.6 is 0 Å². The minimum Gasteiger partial charge on any atom is -0.354 e. The van der Waals surface area contributed by atoms with Gasteiger partial charge in [0, 0.05) is 30.7 Å².